The molecule has 27 heavy (non-hydrogen) atoms. The number of fused-ring (bicyclic) bond motifs is 1. The van der Waals surface area contributed by atoms with E-state index < -0.39 is 0 Å². The van der Waals surface area contributed by atoms with Crippen LogP contribution in [-0.4, -0.2) is 29.9 Å². The van der Waals surface area contributed by atoms with Crippen molar-refractivity contribution in [2.24, 2.45) is 11.3 Å². The number of Topliss-reactive ketones (excluding diaryl/α,β-unsaturated/α-hetero) is 1. The van der Waals surface area contributed by atoms with E-state index in [1.165, 1.54) is 7.11 Å². The van der Waals surface area contributed by atoms with E-state index in [2.05, 4.69) is 26.2 Å². The van der Waals surface area contributed by atoms with Gasteiger partial charge in [-0.25, -0.2) is 4.98 Å². The lowest BCUT2D eigenvalue weighted by atomic mass is 9.77. The van der Waals surface area contributed by atoms with Gasteiger partial charge < -0.3 is 14.8 Å². The first kappa shape index (κ1) is 18.0. The predicted molar refractivity (Wildman–Crippen MR) is 103 cm³/mol. The van der Waals surface area contributed by atoms with Gasteiger partial charge in [0, 0.05) is 33.8 Å². The number of nitrogens with one attached hydrogen (secondary N) is 1. The number of carbonyl (C=O) groups excluding carboxylic acids is 2. The maximum Gasteiger partial charge on any atom is 0.231 e. The van der Waals surface area contributed by atoms with E-state index in [9.17, 15) is 9.59 Å². The van der Waals surface area contributed by atoms with Crippen molar-refractivity contribution in [1.82, 2.24) is 4.98 Å². The Labute approximate surface area is 165 Å². The summed E-state index contributed by atoms with van der Waals surface area (Å²) in [5.41, 5.74) is 0.207. The minimum atomic E-state index is -0.357. The quantitative estimate of drug-likeness (QED) is 0.678. The Bertz CT molecular complexity index is 903. The summed E-state index contributed by atoms with van der Waals surface area (Å²) in [5.74, 6) is 1.11. The number of hydrogen-bond donors (Lipinski definition) is 1. The fourth-order valence-corrected chi connectivity index (χ4v) is 4.17. The fourth-order valence-electron chi connectivity index (χ4n) is 3.80. The molecule has 7 heteroatoms. The maximum atomic E-state index is 12.6. The van der Waals surface area contributed by atoms with Crippen molar-refractivity contribution >= 4 is 33.3 Å². The lowest BCUT2D eigenvalue weighted by Crippen LogP contribution is -2.41. The van der Waals surface area contributed by atoms with Crippen LogP contribution in [0, 0.1) is 11.3 Å². The van der Waals surface area contributed by atoms with Crippen molar-refractivity contribution in [3.8, 4) is 11.6 Å². The number of carbonyl (C=O) groups is 2. The van der Waals surface area contributed by atoms with E-state index in [1.807, 2.05) is 24.3 Å². The standard InChI is InChI=1S/C20H19BrN2O4/c1-26-19-8-13(5-6-22-19)23-18(25)9-17(24)20-10-15(20)16(11-20)27-14-4-2-3-12(21)7-14/h2-8,15-16H,9-11H2,1H3,(H,22,23,25). The van der Waals surface area contributed by atoms with E-state index in [0.717, 1.165) is 16.6 Å². The summed E-state index contributed by atoms with van der Waals surface area (Å²) in [6, 6.07) is 11.0. The molecule has 0 radical (unpaired) electrons. The van der Waals surface area contributed by atoms with Crippen molar-refractivity contribution in [2.45, 2.75) is 25.4 Å². The zero-order chi connectivity index (χ0) is 19.0. The number of benzene rings is 1. The molecule has 0 spiro atoms. The Hall–Kier alpha value is -2.41. The van der Waals surface area contributed by atoms with Gasteiger partial charge in [0.2, 0.25) is 11.8 Å². The highest BCUT2D eigenvalue weighted by atomic mass is 79.9. The van der Waals surface area contributed by atoms with Gasteiger partial charge in [0.15, 0.2) is 0 Å². The molecule has 6 nitrogen and oxygen atoms in total. The van der Waals surface area contributed by atoms with Crippen LogP contribution in [0.25, 0.3) is 0 Å². The molecular formula is C20H19BrN2O4. The normalized spacial score (nSPS) is 25.0. The summed E-state index contributed by atoms with van der Waals surface area (Å²) in [7, 11) is 1.51. The molecule has 2 aliphatic carbocycles. The molecule has 2 fully saturated rings. The van der Waals surface area contributed by atoms with Gasteiger partial charge in [-0.3, -0.25) is 9.59 Å². The topological polar surface area (TPSA) is 77.5 Å². The zero-order valence-corrected chi connectivity index (χ0v) is 16.4. The lowest BCUT2D eigenvalue weighted by molar-refractivity contribution is -0.133. The number of pyridine rings is 1. The van der Waals surface area contributed by atoms with Gasteiger partial charge in [-0.2, -0.15) is 0 Å². The molecule has 1 N–H and O–H groups in total. The average molecular weight is 431 g/mol. The number of aromatic nitrogens is 1. The number of rotatable bonds is 7. The van der Waals surface area contributed by atoms with Crippen LogP contribution < -0.4 is 14.8 Å². The van der Waals surface area contributed by atoms with E-state index in [0.29, 0.717) is 18.0 Å². The summed E-state index contributed by atoms with van der Waals surface area (Å²) >= 11 is 3.42. The molecule has 140 valence electrons. The second-order valence-electron chi connectivity index (χ2n) is 7.02. The molecule has 2 aliphatic rings. The van der Waals surface area contributed by atoms with Crippen LogP contribution in [0.5, 0.6) is 11.6 Å². The predicted octanol–water partition coefficient (Wildman–Crippen LogP) is 3.61. The van der Waals surface area contributed by atoms with Crippen LogP contribution >= 0.6 is 15.9 Å². The first-order chi connectivity index (χ1) is 13.0. The highest BCUT2D eigenvalue weighted by Crippen LogP contribution is 2.69. The van der Waals surface area contributed by atoms with E-state index in [1.54, 1.807) is 18.3 Å². The van der Waals surface area contributed by atoms with Gasteiger partial charge in [0.1, 0.15) is 17.6 Å². The van der Waals surface area contributed by atoms with Crippen molar-refractivity contribution in [3.63, 3.8) is 0 Å². The van der Waals surface area contributed by atoms with Gasteiger partial charge in [-0.05, 0) is 37.1 Å². The van der Waals surface area contributed by atoms with Crippen LogP contribution in [0.3, 0.4) is 0 Å². The summed E-state index contributed by atoms with van der Waals surface area (Å²) in [6.45, 7) is 0. The molecule has 2 aromatic rings. The number of methoxy groups -OCH3 is 1. The first-order valence-electron chi connectivity index (χ1n) is 8.75. The maximum absolute atomic E-state index is 12.6. The average Bonchev–Trinajstić information content (AvgIpc) is 3.26. The molecule has 2 saturated carbocycles. The number of nitrogens with zero attached hydrogens (tertiary/aromatic N) is 1. The van der Waals surface area contributed by atoms with Crippen molar-refractivity contribution in [3.05, 3.63) is 47.1 Å². The molecule has 1 amide bonds. The van der Waals surface area contributed by atoms with Gasteiger partial charge in [-0.15, -0.1) is 0 Å². The number of ether oxygens (including phenoxy) is 2. The van der Waals surface area contributed by atoms with Crippen LogP contribution in [0.4, 0.5) is 5.69 Å². The fraction of sp³-hybridized carbons (Fsp3) is 0.350. The highest BCUT2D eigenvalue weighted by Gasteiger charge is 2.72. The number of hydrogen-bond acceptors (Lipinski definition) is 5. The van der Waals surface area contributed by atoms with Crippen LogP contribution in [0.2, 0.25) is 0 Å². The Kier molecular flexibility index (Phi) is 4.63. The first-order valence-corrected chi connectivity index (χ1v) is 9.55. The number of ketones is 1. The monoisotopic (exact) mass is 430 g/mol. The molecule has 1 aromatic carbocycles. The van der Waals surface area contributed by atoms with E-state index in [4.69, 9.17) is 9.47 Å². The number of halogens is 1. The van der Waals surface area contributed by atoms with Gasteiger partial charge >= 0.3 is 0 Å². The molecule has 3 unspecified atom stereocenters. The second kappa shape index (κ2) is 6.96. The molecule has 0 aliphatic heterocycles. The molecule has 1 heterocycles. The SMILES string of the molecule is COc1cc(NC(=O)CC(=O)C23CC(Oc4cccc(Br)c4)C2C3)ccn1. The summed E-state index contributed by atoms with van der Waals surface area (Å²) in [6.07, 6.45) is 2.96. The third-order valence-electron chi connectivity index (χ3n) is 5.34. The van der Waals surface area contributed by atoms with Crippen molar-refractivity contribution < 1.29 is 19.1 Å². The van der Waals surface area contributed by atoms with Crippen molar-refractivity contribution in [2.75, 3.05) is 12.4 Å². The highest BCUT2D eigenvalue weighted by molar-refractivity contribution is 9.10. The van der Waals surface area contributed by atoms with Gasteiger partial charge in [-0.1, -0.05) is 22.0 Å². The molecule has 4 rings (SSSR count). The Morgan fingerprint density at radius 2 is 2.15 bits per heavy atom. The minimum absolute atomic E-state index is 0.000105. The summed E-state index contributed by atoms with van der Waals surface area (Å²) in [5, 5.41) is 2.73. The van der Waals surface area contributed by atoms with Crippen LogP contribution in [0.1, 0.15) is 19.3 Å². The molecule has 0 saturated heterocycles. The number of anilines is 1. The number of amides is 1. The summed E-state index contributed by atoms with van der Waals surface area (Å²) in [4.78, 5) is 28.8. The lowest BCUT2D eigenvalue weighted by Gasteiger charge is -2.33. The second-order valence-corrected chi connectivity index (χ2v) is 7.94. The van der Waals surface area contributed by atoms with E-state index in [-0.39, 0.29) is 35.5 Å². The van der Waals surface area contributed by atoms with Gasteiger partial charge in [0.05, 0.1) is 13.5 Å². The van der Waals surface area contributed by atoms with Crippen molar-refractivity contribution in [1.29, 1.82) is 0 Å². The molecule has 3 atom stereocenters. The molecule has 1 aromatic heterocycles. The van der Waals surface area contributed by atoms with Gasteiger partial charge in [0.25, 0.3) is 0 Å². The molecule has 0 bridgehead atoms. The smallest absolute Gasteiger partial charge is 0.231 e. The minimum Gasteiger partial charge on any atom is -0.490 e. The zero-order valence-electron chi connectivity index (χ0n) is 14.8. The Morgan fingerprint density at radius 1 is 1.30 bits per heavy atom. The third kappa shape index (κ3) is 3.56. The third-order valence-corrected chi connectivity index (χ3v) is 5.83. The summed E-state index contributed by atoms with van der Waals surface area (Å²) < 4.78 is 12.0. The molecular weight excluding hydrogens is 412 g/mol. The Balaban J connectivity index is 1.29. The largest absolute Gasteiger partial charge is 0.490 e. The van der Waals surface area contributed by atoms with E-state index >= 15 is 0 Å². The van der Waals surface area contributed by atoms with Crippen LogP contribution in [0.15, 0.2) is 47.1 Å². The van der Waals surface area contributed by atoms with Crippen LogP contribution in [-0.2, 0) is 9.59 Å². The Morgan fingerprint density at radius 3 is 2.89 bits per heavy atom.